The molecule has 1 saturated heterocycles. The van der Waals surface area contributed by atoms with Crippen LogP contribution in [0.1, 0.15) is 19.8 Å². The van der Waals surface area contributed by atoms with Crippen LogP contribution in [-0.4, -0.2) is 48.2 Å². The van der Waals surface area contributed by atoms with Crippen molar-refractivity contribution in [3.63, 3.8) is 0 Å². The molecule has 2 heterocycles. The van der Waals surface area contributed by atoms with Gasteiger partial charge in [0.15, 0.2) is 0 Å². The molecule has 100 valence electrons. The number of nitrogens with zero attached hydrogens (tertiary/aromatic N) is 3. The van der Waals surface area contributed by atoms with Gasteiger partial charge in [0.05, 0.1) is 6.61 Å². The van der Waals surface area contributed by atoms with Crippen molar-refractivity contribution >= 4 is 5.95 Å². The van der Waals surface area contributed by atoms with Gasteiger partial charge in [-0.2, -0.15) is 4.98 Å². The predicted octanol–water partition coefficient (Wildman–Crippen LogP) is 1.63. The maximum absolute atomic E-state index is 5.49. The first-order valence-electron chi connectivity index (χ1n) is 6.66. The number of rotatable bonds is 6. The average molecular weight is 250 g/mol. The lowest BCUT2D eigenvalue weighted by molar-refractivity contribution is 0.305. The second kappa shape index (κ2) is 6.54. The van der Waals surface area contributed by atoms with Crippen molar-refractivity contribution in [1.82, 2.24) is 14.9 Å². The molecule has 0 spiro atoms. The number of hydrogen-bond acceptors (Lipinski definition) is 5. The molecule has 1 N–H and O–H groups in total. The zero-order valence-corrected chi connectivity index (χ0v) is 11.2. The highest BCUT2D eigenvalue weighted by Crippen LogP contribution is 2.15. The van der Waals surface area contributed by atoms with Crippen LogP contribution < -0.4 is 10.1 Å². The van der Waals surface area contributed by atoms with E-state index in [4.69, 9.17) is 4.74 Å². The molecule has 0 aromatic carbocycles. The van der Waals surface area contributed by atoms with Crippen LogP contribution >= 0.6 is 0 Å². The van der Waals surface area contributed by atoms with E-state index >= 15 is 0 Å². The first-order chi connectivity index (χ1) is 8.78. The van der Waals surface area contributed by atoms with Crippen LogP contribution in [0.4, 0.5) is 5.95 Å². The molecule has 1 unspecified atom stereocenters. The molecule has 1 aliphatic heterocycles. The summed E-state index contributed by atoms with van der Waals surface area (Å²) in [5.41, 5.74) is 0. The molecule has 18 heavy (non-hydrogen) atoms. The van der Waals surface area contributed by atoms with E-state index in [2.05, 4.69) is 34.2 Å². The zero-order chi connectivity index (χ0) is 12.8. The number of aromatic nitrogens is 2. The summed E-state index contributed by atoms with van der Waals surface area (Å²) in [7, 11) is 2.16. The highest BCUT2D eigenvalue weighted by atomic mass is 16.5. The molecular formula is C13H22N4O. The molecule has 2 rings (SSSR count). The van der Waals surface area contributed by atoms with E-state index in [0.29, 0.717) is 24.4 Å². The van der Waals surface area contributed by atoms with Gasteiger partial charge in [-0.25, -0.2) is 4.98 Å². The summed E-state index contributed by atoms with van der Waals surface area (Å²) in [6.07, 6.45) is 3.97. The Morgan fingerprint density at radius 3 is 3.17 bits per heavy atom. The Hall–Kier alpha value is -1.36. The summed E-state index contributed by atoms with van der Waals surface area (Å²) in [5.74, 6) is 2.01. The predicted molar refractivity (Wildman–Crippen MR) is 71.9 cm³/mol. The van der Waals surface area contributed by atoms with E-state index in [0.717, 1.165) is 19.5 Å². The lowest BCUT2D eigenvalue weighted by atomic mass is 10.1. The fourth-order valence-electron chi connectivity index (χ4n) is 2.14. The standard InChI is InChI=1S/C13H22N4O/c1-3-8-18-12-4-6-14-13(16-12)15-9-11-5-7-17(2)10-11/h4,6,11H,3,5,7-10H2,1-2H3,(H,14,15,16). The summed E-state index contributed by atoms with van der Waals surface area (Å²) < 4.78 is 5.49. The van der Waals surface area contributed by atoms with Gasteiger partial charge in [-0.1, -0.05) is 6.92 Å². The molecule has 5 heteroatoms. The zero-order valence-electron chi connectivity index (χ0n) is 11.2. The molecule has 1 aliphatic rings. The Kier molecular flexibility index (Phi) is 4.75. The van der Waals surface area contributed by atoms with Crippen LogP contribution in [0.5, 0.6) is 5.88 Å². The second-order valence-corrected chi connectivity index (χ2v) is 4.86. The minimum absolute atomic E-state index is 0.651. The highest BCUT2D eigenvalue weighted by Gasteiger charge is 2.19. The van der Waals surface area contributed by atoms with E-state index in [1.54, 1.807) is 12.3 Å². The van der Waals surface area contributed by atoms with Crippen molar-refractivity contribution in [2.45, 2.75) is 19.8 Å². The maximum atomic E-state index is 5.49. The Balaban J connectivity index is 1.81. The minimum Gasteiger partial charge on any atom is -0.478 e. The van der Waals surface area contributed by atoms with Crippen molar-refractivity contribution in [2.75, 3.05) is 38.6 Å². The van der Waals surface area contributed by atoms with Crippen LogP contribution in [0.15, 0.2) is 12.3 Å². The molecule has 5 nitrogen and oxygen atoms in total. The van der Waals surface area contributed by atoms with Crippen LogP contribution in [-0.2, 0) is 0 Å². The van der Waals surface area contributed by atoms with Gasteiger partial charge in [-0.15, -0.1) is 0 Å². The highest BCUT2D eigenvalue weighted by molar-refractivity contribution is 5.27. The van der Waals surface area contributed by atoms with Gasteiger partial charge in [-0.05, 0) is 32.4 Å². The molecular weight excluding hydrogens is 228 g/mol. The quantitative estimate of drug-likeness (QED) is 0.831. The summed E-state index contributed by atoms with van der Waals surface area (Å²) in [6.45, 7) is 6.05. The largest absolute Gasteiger partial charge is 0.478 e. The van der Waals surface area contributed by atoms with Gasteiger partial charge in [0, 0.05) is 25.4 Å². The van der Waals surface area contributed by atoms with Gasteiger partial charge >= 0.3 is 0 Å². The summed E-state index contributed by atoms with van der Waals surface area (Å²) in [6, 6.07) is 1.80. The fraction of sp³-hybridized carbons (Fsp3) is 0.692. The van der Waals surface area contributed by atoms with Crippen LogP contribution in [0, 0.1) is 5.92 Å². The first-order valence-corrected chi connectivity index (χ1v) is 6.66. The molecule has 0 saturated carbocycles. The molecule has 1 atom stereocenters. The molecule has 0 radical (unpaired) electrons. The second-order valence-electron chi connectivity index (χ2n) is 4.86. The maximum Gasteiger partial charge on any atom is 0.225 e. The third kappa shape index (κ3) is 3.84. The third-order valence-corrected chi connectivity index (χ3v) is 3.12. The van der Waals surface area contributed by atoms with Gasteiger partial charge in [0.2, 0.25) is 11.8 Å². The van der Waals surface area contributed by atoms with Crippen molar-refractivity contribution in [1.29, 1.82) is 0 Å². The molecule has 1 aromatic heterocycles. The smallest absolute Gasteiger partial charge is 0.225 e. The number of ether oxygens (including phenoxy) is 1. The Bertz CT molecular complexity index is 372. The number of hydrogen-bond donors (Lipinski definition) is 1. The SMILES string of the molecule is CCCOc1ccnc(NCC2CCN(C)C2)n1. The van der Waals surface area contributed by atoms with E-state index < -0.39 is 0 Å². The Labute approximate surface area is 109 Å². The Morgan fingerprint density at radius 1 is 1.56 bits per heavy atom. The topological polar surface area (TPSA) is 50.3 Å². The number of anilines is 1. The first kappa shape index (κ1) is 13.1. The van der Waals surface area contributed by atoms with Crippen LogP contribution in [0.25, 0.3) is 0 Å². The van der Waals surface area contributed by atoms with E-state index in [1.807, 2.05) is 0 Å². The molecule has 0 bridgehead atoms. The lowest BCUT2D eigenvalue weighted by Crippen LogP contribution is -2.19. The lowest BCUT2D eigenvalue weighted by Gasteiger charge is -2.12. The summed E-state index contributed by atoms with van der Waals surface area (Å²) in [4.78, 5) is 10.9. The number of nitrogens with one attached hydrogen (secondary N) is 1. The molecule has 0 aliphatic carbocycles. The van der Waals surface area contributed by atoms with Crippen LogP contribution in [0.2, 0.25) is 0 Å². The van der Waals surface area contributed by atoms with Gasteiger partial charge in [-0.3, -0.25) is 0 Å². The summed E-state index contributed by atoms with van der Waals surface area (Å²) >= 11 is 0. The van der Waals surface area contributed by atoms with Crippen molar-refractivity contribution in [3.05, 3.63) is 12.3 Å². The van der Waals surface area contributed by atoms with Crippen molar-refractivity contribution in [2.24, 2.45) is 5.92 Å². The Morgan fingerprint density at radius 2 is 2.44 bits per heavy atom. The average Bonchev–Trinajstić information content (AvgIpc) is 2.80. The van der Waals surface area contributed by atoms with Crippen LogP contribution in [0.3, 0.4) is 0 Å². The summed E-state index contributed by atoms with van der Waals surface area (Å²) in [5, 5.41) is 3.30. The van der Waals surface area contributed by atoms with Gasteiger partial charge in [0.25, 0.3) is 0 Å². The number of likely N-dealkylation sites (tertiary alicyclic amines) is 1. The molecule has 0 amide bonds. The molecule has 1 fully saturated rings. The minimum atomic E-state index is 0.651. The van der Waals surface area contributed by atoms with E-state index in [9.17, 15) is 0 Å². The third-order valence-electron chi connectivity index (χ3n) is 3.12. The monoisotopic (exact) mass is 250 g/mol. The van der Waals surface area contributed by atoms with Gasteiger partial charge in [0.1, 0.15) is 0 Å². The fourth-order valence-corrected chi connectivity index (χ4v) is 2.14. The van der Waals surface area contributed by atoms with Crippen molar-refractivity contribution in [3.8, 4) is 5.88 Å². The van der Waals surface area contributed by atoms with Crippen molar-refractivity contribution < 1.29 is 4.74 Å². The molecule has 1 aromatic rings. The van der Waals surface area contributed by atoms with Gasteiger partial charge < -0.3 is 15.0 Å². The van der Waals surface area contributed by atoms with E-state index in [1.165, 1.54) is 13.0 Å². The van der Waals surface area contributed by atoms with E-state index in [-0.39, 0.29) is 0 Å². The normalized spacial score (nSPS) is 20.0.